The predicted octanol–water partition coefficient (Wildman–Crippen LogP) is 5.00. The normalized spacial score (nSPS) is 26.4. The average molecular weight is 599 g/mol. The number of nitrogens with zero attached hydrogens (tertiary/aromatic N) is 7. The molecule has 0 saturated carbocycles. The third-order valence-corrected chi connectivity index (χ3v) is 9.70. The smallest absolute Gasteiger partial charge is 0.415 e. The van der Waals surface area contributed by atoms with Gasteiger partial charge in [0.1, 0.15) is 24.1 Å². The lowest BCUT2D eigenvalue weighted by Gasteiger charge is -2.46. The molecule has 1 N–H and O–H groups in total. The summed E-state index contributed by atoms with van der Waals surface area (Å²) in [5.41, 5.74) is 3.82. The Bertz CT molecular complexity index is 1590. The van der Waals surface area contributed by atoms with Gasteiger partial charge >= 0.3 is 6.09 Å². The van der Waals surface area contributed by atoms with Crippen LogP contribution in [-0.2, 0) is 14.9 Å². The van der Waals surface area contributed by atoms with Gasteiger partial charge in [-0.25, -0.2) is 14.8 Å². The van der Waals surface area contributed by atoms with Crippen LogP contribution in [0.15, 0.2) is 42.6 Å². The van der Waals surface area contributed by atoms with E-state index in [1.165, 1.54) is 11.3 Å². The lowest BCUT2D eigenvalue weighted by Crippen LogP contribution is -2.54. The van der Waals surface area contributed by atoms with E-state index in [0.29, 0.717) is 25.0 Å². The maximum atomic E-state index is 12.5. The van der Waals surface area contributed by atoms with Gasteiger partial charge in [-0.1, -0.05) is 13.0 Å². The van der Waals surface area contributed by atoms with Crippen molar-refractivity contribution in [2.24, 2.45) is 0 Å². The molecule has 3 atom stereocenters. The molecule has 44 heavy (non-hydrogen) atoms. The molecule has 11 heteroatoms. The molecule has 0 spiro atoms. The van der Waals surface area contributed by atoms with Crippen molar-refractivity contribution in [3.05, 3.63) is 53.7 Å². The van der Waals surface area contributed by atoms with Crippen LogP contribution in [-0.4, -0.2) is 90.1 Å². The Hall–Kier alpha value is -3.96. The monoisotopic (exact) mass is 598 g/mol. The number of likely N-dealkylation sites (N-methyl/N-ethyl adjacent to an activating group) is 1. The highest BCUT2D eigenvalue weighted by Crippen LogP contribution is 2.53. The lowest BCUT2D eigenvalue weighted by atomic mass is 9.73. The summed E-state index contributed by atoms with van der Waals surface area (Å²) in [6.07, 6.45) is 2.35. The fourth-order valence-corrected chi connectivity index (χ4v) is 7.04. The predicted molar refractivity (Wildman–Crippen MR) is 172 cm³/mol. The third kappa shape index (κ3) is 4.92. The minimum Gasteiger partial charge on any atom is -0.447 e. The largest absolute Gasteiger partial charge is 0.447 e. The van der Waals surface area contributed by atoms with E-state index in [1.807, 2.05) is 31.3 Å². The highest BCUT2D eigenvalue weighted by atomic mass is 16.6. The van der Waals surface area contributed by atoms with Crippen molar-refractivity contribution in [2.75, 3.05) is 66.5 Å². The maximum Gasteiger partial charge on any atom is 0.415 e. The molecule has 3 aromatic rings. The second-order valence-electron chi connectivity index (χ2n) is 13.6. The number of hydrogen-bond donors (Lipinski definition) is 1. The van der Waals surface area contributed by atoms with Crippen LogP contribution in [0.3, 0.4) is 0 Å². The summed E-state index contributed by atoms with van der Waals surface area (Å²) in [6, 6.07) is 12.2. The zero-order valence-corrected chi connectivity index (χ0v) is 26.5. The fourth-order valence-electron chi connectivity index (χ4n) is 7.04. The minimum atomic E-state index is -0.372. The van der Waals surface area contributed by atoms with Crippen molar-refractivity contribution < 1.29 is 14.3 Å². The van der Waals surface area contributed by atoms with Crippen LogP contribution < -0.4 is 20.0 Å². The van der Waals surface area contributed by atoms with Crippen molar-refractivity contribution in [2.45, 2.75) is 64.1 Å². The number of cyclic esters (lactones) is 1. The van der Waals surface area contributed by atoms with Gasteiger partial charge in [-0.05, 0) is 77.1 Å². The van der Waals surface area contributed by atoms with E-state index in [1.54, 1.807) is 4.90 Å². The summed E-state index contributed by atoms with van der Waals surface area (Å²) in [6.45, 7) is 15.7. The van der Waals surface area contributed by atoms with Gasteiger partial charge in [-0.2, -0.15) is 4.98 Å². The number of benzene rings is 1. The molecule has 232 valence electrons. The Morgan fingerprint density at radius 1 is 1.00 bits per heavy atom. The van der Waals surface area contributed by atoms with E-state index in [2.05, 4.69) is 73.0 Å². The van der Waals surface area contributed by atoms with Gasteiger partial charge < -0.3 is 29.5 Å². The molecule has 6 heterocycles. The van der Waals surface area contributed by atoms with E-state index in [-0.39, 0.29) is 29.2 Å². The van der Waals surface area contributed by atoms with Crippen molar-refractivity contribution >= 4 is 40.9 Å². The summed E-state index contributed by atoms with van der Waals surface area (Å²) in [7, 11) is 2.18. The molecule has 4 aliphatic rings. The lowest BCUT2D eigenvalue weighted by molar-refractivity contribution is -0.0893. The molecule has 4 aliphatic heterocycles. The van der Waals surface area contributed by atoms with Gasteiger partial charge in [-0.15, -0.1) is 0 Å². The number of pyridine rings is 1. The first kappa shape index (κ1) is 28.8. The molecule has 1 amide bonds. The highest BCUT2D eigenvalue weighted by Gasteiger charge is 2.55. The number of aromatic nitrogens is 3. The first-order valence-corrected chi connectivity index (χ1v) is 15.6. The molecule has 11 nitrogen and oxygen atoms in total. The molecule has 3 saturated heterocycles. The number of amides is 1. The quantitative estimate of drug-likeness (QED) is 0.432. The number of aryl methyl sites for hydroxylation is 1. The summed E-state index contributed by atoms with van der Waals surface area (Å²) < 4.78 is 11.7. The average Bonchev–Trinajstić information content (AvgIpc) is 3.45. The van der Waals surface area contributed by atoms with Gasteiger partial charge in [0.05, 0.1) is 24.3 Å². The minimum absolute atomic E-state index is 0.0432. The fraction of sp³-hybridized carbons (Fsp3) is 0.515. The number of nitrogens with one attached hydrogen (secondary N) is 1. The summed E-state index contributed by atoms with van der Waals surface area (Å²) in [4.78, 5) is 36.1. The summed E-state index contributed by atoms with van der Waals surface area (Å²) >= 11 is 0. The van der Waals surface area contributed by atoms with Gasteiger partial charge in [0, 0.05) is 54.7 Å². The van der Waals surface area contributed by atoms with Crippen molar-refractivity contribution in [1.82, 2.24) is 19.9 Å². The van der Waals surface area contributed by atoms with Crippen LogP contribution in [0, 0.1) is 6.92 Å². The summed E-state index contributed by atoms with van der Waals surface area (Å²) in [5, 5.41) is 3.46. The number of piperazine rings is 1. The molecular weight excluding hydrogens is 556 g/mol. The number of carbonyl (C=O) groups is 1. The molecule has 0 radical (unpaired) electrons. The van der Waals surface area contributed by atoms with Crippen molar-refractivity contribution in [1.29, 1.82) is 0 Å². The van der Waals surface area contributed by atoms with Crippen LogP contribution in [0.5, 0.6) is 0 Å². The van der Waals surface area contributed by atoms with E-state index in [4.69, 9.17) is 24.4 Å². The van der Waals surface area contributed by atoms with E-state index in [9.17, 15) is 4.79 Å². The number of fused-ring (bicyclic) bond motifs is 3. The molecule has 3 fully saturated rings. The van der Waals surface area contributed by atoms with Crippen LogP contribution in [0.4, 0.5) is 39.6 Å². The second kappa shape index (κ2) is 10.6. The van der Waals surface area contributed by atoms with E-state index < -0.39 is 0 Å². The molecule has 0 bridgehead atoms. The van der Waals surface area contributed by atoms with Gasteiger partial charge in [0.15, 0.2) is 0 Å². The molecule has 0 aliphatic carbocycles. The Morgan fingerprint density at radius 3 is 2.45 bits per heavy atom. The molecule has 1 aromatic carbocycles. The maximum absolute atomic E-state index is 12.5. The zero-order valence-electron chi connectivity index (χ0n) is 26.5. The van der Waals surface area contributed by atoms with Gasteiger partial charge in [-0.3, -0.25) is 4.90 Å². The molecule has 0 unspecified atom stereocenters. The Balaban J connectivity index is 1.23. The Kier molecular flexibility index (Phi) is 6.93. The molecule has 2 aromatic heterocycles. The van der Waals surface area contributed by atoms with E-state index in [0.717, 1.165) is 55.5 Å². The number of carbonyl (C=O) groups excluding carboxylic acids is 1. The number of anilines is 6. The van der Waals surface area contributed by atoms with Crippen molar-refractivity contribution in [3.8, 4) is 0 Å². The van der Waals surface area contributed by atoms with Crippen LogP contribution >= 0.6 is 0 Å². The zero-order chi connectivity index (χ0) is 30.8. The van der Waals surface area contributed by atoms with E-state index >= 15 is 0 Å². The highest BCUT2D eigenvalue weighted by molar-refractivity contribution is 5.89. The first-order chi connectivity index (χ1) is 21.0. The molecular formula is C33H42N8O3. The van der Waals surface area contributed by atoms with Crippen LogP contribution in [0.2, 0.25) is 0 Å². The number of ether oxygens (including phenoxy) is 2. The second-order valence-corrected chi connectivity index (χ2v) is 13.6. The standard InChI is InChI=1S/C33H42N8O3/c1-21-16-23(10-11-25(21)39-14-12-38(6)13-15-39)35-30-34-18-24-29(37-30)41(26-17-32(3,4)44-20-33(24,26)5)28-9-7-8-27(36-28)40-22(2)19-43-31(40)42/h7-11,16,18,22,26H,12-15,17,19-20H2,1-6H3,(H,34,35,37)/t22-,26-,33-/m0/s1. The number of hydrogen-bond acceptors (Lipinski definition) is 10. The number of rotatable bonds is 5. The molecule has 7 rings (SSSR count). The summed E-state index contributed by atoms with van der Waals surface area (Å²) in [5.74, 6) is 2.64. The third-order valence-electron chi connectivity index (χ3n) is 9.70. The van der Waals surface area contributed by atoms with Crippen LogP contribution in [0.25, 0.3) is 0 Å². The Labute approximate surface area is 259 Å². The van der Waals surface area contributed by atoms with Crippen molar-refractivity contribution in [3.63, 3.8) is 0 Å². The topological polar surface area (TPSA) is 99.2 Å². The Morgan fingerprint density at radius 2 is 1.75 bits per heavy atom. The first-order valence-electron chi connectivity index (χ1n) is 15.6. The van der Waals surface area contributed by atoms with Gasteiger partial charge in [0.25, 0.3) is 0 Å². The van der Waals surface area contributed by atoms with Gasteiger partial charge in [0.2, 0.25) is 5.95 Å². The SMILES string of the molecule is Cc1cc(Nc2ncc3c(n2)N(c2cccc(N4C(=O)OC[C@@H]4C)n2)[C@H]2CC(C)(C)OC[C@@]32C)ccc1N1CCN(C)CC1. The van der Waals surface area contributed by atoms with Crippen LogP contribution in [0.1, 0.15) is 45.2 Å².